The fourth-order valence-corrected chi connectivity index (χ4v) is 5.05. The van der Waals surface area contributed by atoms with Gasteiger partial charge in [0.15, 0.2) is 0 Å². The van der Waals surface area contributed by atoms with Crippen LogP contribution in [0.25, 0.3) is 0 Å². The molecule has 1 unspecified atom stereocenters. The molecule has 22 heavy (non-hydrogen) atoms. The van der Waals surface area contributed by atoms with E-state index in [1.807, 2.05) is 25.7 Å². The molecule has 1 aliphatic heterocycles. The van der Waals surface area contributed by atoms with Crippen molar-refractivity contribution in [2.75, 3.05) is 13.7 Å². The summed E-state index contributed by atoms with van der Waals surface area (Å²) in [6.45, 7) is 10.9. The van der Waals surface area contributed by atoms with Crippen molar-refractivity contribution >= 4 is 12.0 Å². The first-order valence-electron chi connectivity index (χ1n) is 7.69. The SMILES string of the molecule is COC(=O)N[C@H](C(=O)N1CCCC1[I-]NC(C)C)C(C)(C)C. The number of carbonyl (C=O) groups is 2. The predicted octanol–water partition coefficient (Wildman–Crippen LogP) is -1.29. The Morgan fingerprint density at radius 1 is 1.32 bits per heavy atom. The van der Waals surface area contributed by atoms with Gasteiger partial charge in [0.2, 0.25) is 0 Å². The van der Waals surface area contributed by atoms with Gasteiger partial charge in [0, 0.05) is 0 Å². The summed E-state index contributed by atoms with van der Waals surface area (Å²) in [5.41, 5.74) is -0.359. The maximum absolute atomic E-state index is 12.9. The molecule has 0 aromatic carbocycles. The molecule has 130 valence electrons. The van der Waals surface area contributed by atoms with E-state index in [4.69, 9.17) is 0 Å². The number of nitrogens with one attached hydrogen (secondary N) is 2. The van der Waals surface area contributed by atoms with Crippen LogP contribution in [0.1, 0.15) is 47.5 Å². The van der Waals surface area contributed by atoms with Gasteiger partial charge < -0.3 is 0 Å². The molecule has 1 aliphatic rings. The third-order valence-corrected chi connectivity index (χ3v) is 7.05. The number of methoxy groups -OCH3 is 1. The van der Waals surface area contributed by atoms with Crippen LogP contribution in [0.4, 0.5) is 4.79 Å². The van der Waals surface area contributed by atoms with Gasteiger partial charge in [-0.1, -0.05) is 0 Å². The fourth-order valence-electron chi connectivity index (χ4n) is 2.28. The first-order chi connectivity index (χ1) is 10.2. The van der Waals surface area contributed by atoms with E-state index < -0.39 is 12.1 Å². The summed E-state index contributed by atoms with van der Waals surface area (Å²) in [5.74, 6) is 0.00524. The van der Waals surface area contributed by atoms with Crippen LogP contribution in [0, 0.1) is 5.41 Å². The number of amides is 2. The van der Waals surface area contributed by atoms with Crippen molar-refractivity contribution in [1.82, 2.24) is 13.7 Å². The van der Waals surface area contributed by atoms with Crippen molar-refractivity contribution in [2.24, 2.45) is 5.41 Å². The second-order valence-electron chi connectivity index (χ2n) is 6.92. The molecule has 1 fully saturated rings. The van der Waals surface area contributed by atoms with Gasteiger partial charge in [-0.25, -0.2) is 0 Å². The van der Waals surface area contributed by atoms with Crippen LogP contribution in [0.3, 0.4) is 0 Å². The Labute approximate surface area is 144 Å². The maximum atomic E-state index is 12.9. The average Bonchev–Trinajstić information content (AvgIpc) is 2.88. The first kappa shape index (κ1) is 19.5. The van der Waals surface area contributed by atoms with Gasteiger partial charge in [0.05, 0.1) is 0 Å². The van der Waals surface area contributed by atoms with Gasteiger partial charge in [-0.3, -0.25) is 0 Å². The number of alkyl halides is 1. The second kappa shape index (κ2) is 8.33. The number of halogens is 1. The predicted molar refractivity (Wildman–Crippen MR) is 81.8 cm³/mol. The van der Waals surface area contributed by atoms with Crippen LogP contribution in [0.15, 0.2) is 0 Å². The number of hydrogen-bond donors (Lipinski definition) is 2. The zero-order chi connectivity index (χ0) is 16.9. The fraction of sp³-hybridized carbons (Fsp3) is 0.867. The van der Waals surface area contributed by atoms with Gasteiger partial charge >= 0.3 is 144 Å². The van der Waals surface area contributed by atoms with E-state index in [1.54, 1.807) is 0 Å². The van der Waals surface area contributed by atoms with Crippen LogP contribution in [-0.4, -0.2) is 46.7 Å². The molecule has 0 aromatic heterocycles. The zero-order valence-electron chi connectivity index (χ0n) is 14.4. The van der Waals surface area contributed by atoms with Crippen molar-refractivity contribution in [2.45, 2.75) is 63.6 Å². The monoisotopic (exact) mass is 426 g/mol. The molecule has 0 aromatic rings. The summed E-state index contributed by atoms with van der Waals surface area (Å²) in [4.78, 5) is 26.5. The molecule has 6 nitrogen and oxygen atoms in total. The van der Waals surface area contributed by atoms with E-state index in [9.17, 15) is 9.59 Å². The number of rotatable bonds is 5. The average molecular weight is 426 g/mol. The molecule has 2 amide bonds. The van der Waals surface area contributed by atoms with Crippen LogP contribution >= 0.6 is 0 Å². The number of likely N-dealkylation sites (tertiary alicyclic amines) is 1. The van der Waals surface area contributed by atoms with E-state index in [0.29, 0.717) is 10.1 Å². The van der Waals surface area contributed by atoms with E-state index in [0.717, 1.165) is 19.4 Å². The number of alkyl carbamates (subject to hydrolysis) is 1. The quantitative estimate of drug-likeness (QED) is 0.249. The van der Waals surface area contributed by atoms with E-state index in [1.165, 1.54) is 7.11 Å². The molecule has 1 heterocycles. The van der Waals surface area contributed by atoms with Crippen molar-refractivity contribution in [3.63, 3.8) is 0 Å². The molecule has 0 aliphatic carbocycles. The van der Waals surface area contributed by atoms with Gasteiger partial charge in [-0.05, 0) is 0 Å². The zero-order valence-corrected chi connectivity index (χ0v) is 16.6. The van der Waals surface area contributed by atoms with E-state index in [-0.39, 0.29) is 32.8 Å². The molecule has 0 spiro atoms. The van der Waals surface area contributed by atoms with Gasteiger partial charge in [0.25, 0.3) is 0 Å². The number of carbonyl (C=O) groups excluding carboxylic acids is 2. The van der Waals surface area contributed by atoms with Crippen LogP contribution in [0.5, 0.6) is 0 Å². The summed E-state index contributed by atoms with van der Waals surface area (Å²) in [5, 5.41) is 2.71. The summed E-state index contributed by atoms with van der Waals surface area (Å²) >= 11 is -0.269. The number of nitrogens with zero attached hydrogens (tertiary/aromatic N) is 1. The molecule has 2 N–H and O–H groups in total. The minimum atomic E-state index is -0.566. The van der Waals surface area contributed by atoms with Crippen molar-refractivity contribution < 1.29 is 35.8 Å². The Balaban J connectivity index is 2.81. The molecular weight excluding hydrogens is 397 g/mol. The summed E-state index contributed by atoms with van der Waals surface area (Å²) in [6, 6.07) is -0.124. The standard InChI is InChI=1S/C15H29IN3O3/c1-10(2)18-16-11-8-7-9-19(11)13(20)12(15(3,4)5)17-14(21)22-6/h10-12,18H,7-9H2,1-6H3,(H,17,21)/q-1/t11?,12-/m1/s1. The molecule has 1 rings (SSSR count). The number of ether oxygens (including phenoxy) is 1. The van der Waals surface area contributed by atoms with Gasteiger partial charge in [0.1, 0.15) is 0 Å². The van der Waals surface area contributed by atoms with Crippen LogP contribution < -0.4 is 30.3 Å². The minimum absolute atomic E-state index is 0.00524. The van der Waals surface area contributed by atoms with Crippen molar-refractivity contribution in [1.29, 1.82) is 0 Å². The Bertz CT molecular complexity index is 396. The van der Waals surface area contributed by atoms with Gasteiger partial charge in [-0.2, -0.15) is 0 Å². The summed E-state index contributed by atoms with van der Waals surface area (Å²) in [7, 11) is 1.32. The molecular formula is C15H29IN3O3-. The Morgan fingerprint density at radius 3 is 2.45 bits per heavy atom. The Morgan fingerprint density at radius 2 is 1.95 bits per heavy atom. The topological polar surface area (TPSA) is 70.7 Å². The van der Waals surface area contributed by atoms with E-state index >= 15 is 0 Å². The molecule has 2 atom stereocenters. The van der Waals surface area contributed by atoms with Crippen LogP contribution in [0.2, 0.25) is 0 Å². The van der Waals surface area contributed by atoms with Crippen molar-refractivity contribution in [3.8, 4) is 0 Å². The van der Waals surface area contributed by atoms with E-state index in [2.05, 4.69) is 27.4 Å². The number of hydrogen-bond acceptors (Lipinski definition) is 4. The molecule has 0 saturated carbocycles. The van der Waals surface area contributed by atoms with Gasteiger partial charge in [-0.15, -0.1) is 0 Å². The normalized spacial score (nSPS) is 20.3. The molecule has 1 saturated heterocycles. The second-order valence-corrected chi connectivity index (χ2v) is 9.60. The summed E-state index contributed by atoms with van der Waals surface area (Å²) in [6.07, 6.45) is 1.53. The Hall–Kier alpha value is -0.570. The first-order valence-corrected chi connectivity index (χ1v) is 10.0. The van der Waals surface area contributed by atoms with Crippen molar-refractivity contribution in [3.05, 3.63) is 0 Å². The Kier molecular flexibility index (Phi) is 7.37. The third-order valence-electron chi connectivity index (χ3n) is 3.43. The molecule has 7 heteroatoms. The molecule has 0 bridgehead atoms. The summed E-state index contributed by atoms with van der Waals surface area (Å²) < 4.78 is 8.48. The third kappa shape index (κ3) is 5.57. The van der Waals surface area contributed by atoms with Crippen LogP contribution in [-0.2, 0) is 9.53 Å². The molecule has 0 radical (unpaired) electrons.